The minimum absolute atomic E-state index is 0.0454. The maximum atomic E-state index is 13.1. The molecule has 2 N–H and O–H groups in total. The van der Waals surface area contributed by atoms with Crippen LogP contribution in [0.25, 0.3) is 10.9 Å². The number of rotatable bonds is 6. The molecule has 2 atom stereocenters. The first-order valence-corrected chi connectivity index (χ1v) is 10.6. The van der Waals surface area contributed by atoms with Gasteiger partial charge in [-0.15, -0.1) is 0 Å². The number of carbonyl (C=O) groups excluding carboxylic acids is 2. The Labute approximate surface area is 173 Å². The second-order valence-electron chi connectivity index (χ2n) is 7.34. The number of hydrogen-bond acceptors (Lipinski definition) is 6. The molecule has 1 aromatic heterocycles. The Balaban J connectivity index is 1.85. The van der Waals surface area contributed by atoms with Gasteiger partial charge in [0.05, 0.1) is 28.8 Å². The van der Waals surface area contributed by atoms with Crippen LogP contribution in [-0.4, -0.2) is 45.5 Å². The molecule has 0 unspecified atom stereocenters. The van der Waals surface area contributed by atoms with E-state index in [1.165, 1.54) is 0 Å². The summed E-state index contributed by atoms with van der Waals surface area (Å²) in [4.78, 5) is 41.9. The SMILES string of the molecule is CC(C)NC(=O)NC(=O)[C@@H](C)Sc1nc2ccccc2c(=O)n1C[C@H]1CCCO1. The van der Waals surface area contributed by atoms with Gasteiger partial charge in [0.25, 0.3) is 5.56 Å². The zero-order valence-electron chi connectivity index (χ0n) is 16.8. The van der Waals surface area contributed by atoms with E-state index in [1.54, 1.807) is 29.7 Å². The highest BCUT2D eigenvalue weighted by Crippen LogP contribution is 2.24. The molecule has 1 saturated heterocycles. The molecule has 1 aliphatic rings. The average Bonchev–Trinajstić information content (AvgIpc) is 3.17. The van der Waals surface area contributed by atoms with Crippen molar-refractivity contribution >= 4 is 34.6 Å². The van der Waals surface area contributed by atoms with Crippen molar-refractivity contribution in [2.75, 3.05) is 6.61 Å². The number of nitrogens with one attached hydrogen (secondary N) is 2. The molecule has 0 saturated carbocycles. The van der Waals surface area contributed by atoms with Gasteiger partial charge in [0.15, 0.2) is 5.16 Å². The van der Waals surface area contributed by atoms with Gasteiger partial charge in [0, 0.05) is 12.6 Å². The number of hydrogen-bond donors (Lipinski definition) is 2. The Morgan fingerprint density at radius 1 is 1.31 bits per heavy atom. The van der Waals surface area contributed by atoms with Crippen LogP contribution in [0.4, 0.5) is 4.79 Å². The second-order valence-corrected chi connectivity index (χ2v) is 8.65. The lowest BCUT2D eigenvalue weighted by Gasteiger charge is -2.18. The number of urea groups is 1. The molecule has 8 nitrogen and oxygen atoms in total. The monoisotopic (exact) mass is 418 g/mol. The lowest BCUT2D eigenvalue weighted by atomic mass is 10.2. The van der Waals surface area contributed by atoms with Gasteiger partial charge in [-0.25, -0.2) is 9.78 Å². The van der Waals surface area contributed by atoms with Gasteiger partial charge in [0.1, 0.15) is 0 Å². The topological polar surface area (TPSA) is 102 Å². The Kier molecular flexibility index (Phi) is 6.92. The first-order valence-electron chi connectivity index (χ1n) is 9.74. The molecule has 0 aliphatic carbocycles. The molecular formula is C20H26N4O4S. The highest BCUT2D eigenvalue weighted by atomic mass is 32.2. The van der Waals surface area contributed by atoms with E-state index in [9.17, 15) is 14.4 Å². The molecule has 3 amide bonds. The van der Waals surface area contributed by atoms with Crippen LogP contribution in [0.1, 0.15) is 33.6 Å². The van der Waals surface area contributed by atoms with Crippen molar-refractivity contribution in [1.82, 2.24) is 20.2 Å². The van der Waals surface area contributed by atoms with Crippen molar-refractivity contribution in [1.29, 1.82) is 0 Å². The van der Waals surface area contributed by atoms with Crippen LogP contribution in [0, 0.1) is 0 Å². The summed E-state index contributed by atoms with van der Waals surface area (Å²) in [5.74, 6) is -0.445. The molecule has 0 radical (unpaired) electrons. The molecule has 2 aromatic rings. The summed E-state index contributed by atoms with van der Waals surface area (Å²) < 4.78 is 7.28. The number of imide groups is 1. The summed E-state index contributed by atoms with van der Waals surface area (Å²) in [7, 11) is 0. The van der Waals surface area contributed by atoms with Crippen molar-refractivity contribution in [3.05, 3.63) is 34.6 Å². The predicted octanol–water partition coefficient (Wildman–Crippen LogP) is 2.29. The summed E-state index contributed by atoms with van der Waals surface area (Å²) in [6.07, 6.45) is 1.80. The number of nitrogens with zero attached hydrogens (tertiary/aromatic N) is 2. The fraction of sp³-hybridized carbons (Fsp3) is 0.500. The van der Waals surface area contributed by atoms with E-state index in [0.29, 0.717) is 29.2 Å². The molecule has 1 aliphatic heterocycles. The van der Waals surface area contributed by atoms with Crippen LogP contribution in [-0.2, 0) is 16.1 Å². The fourth-order valence-corrected chi connectivity index (χ4v) is 4.03. The smallest absolute Gasteiger partial charge is 0.321 e. The van der Waals surface area contributed by atoms with E-state index in [-0.39, 0.29) is 17.7 Å². The molecule has 1 fully saturated rings. The van der Waals surface area contributed by atoms with Crippen LogP contribution in [0.15, 0.2) is 34.2 Å². The molecule has 29 heavy (non-hydrogen) atoms. The Morgan fingerprint density at radius 3 is 2.76 bits per heavy atom. The van der Waals surface area contributed by atoms with E-state index < -0.39 is 17.2 Å². The fourth-order valence-electron chi connectivity index (χ4n) is 3.11. The highest BCUT2D eigenvalue weighted by Gasteiger charge is 2.24. The predicted molar refractivity (Wildman–Crippen MR) is 112 cm³/mol. The van der Waals surface area contributed by atoms with Crippen molar-refractivity contribution in [2.45, 2.75) is 62.7 Å². The number of carbonyl (C=O) groups is 2. The van der Waals surface area contributed by atoms with Crippen molar-refractivity contribution < 1.29 is 14.3 Å². The first kappa shape index (κ1) is 21.3. The maximum Gasteiger partial charge on any atom is 0.321 e. The number of ether oxygens (including phenoxy) is 1. The Morgan fingerprint density at radius 2 is 2.07 bits per heavy atom. The zero-order valence-corrected chi connectivity index (χ0v) is 17.6. The van der Waals surface area contributed by atoms with Crippen LogP contribution in [0.5, 0.6) is 0 Å². The summed E-state index contributed by atoms with van der Waals surface area (Å²) in [6.45, 7) is 6.38. The Bertz CT molecular complexity index is 953. The minimum atomic E-state index is -0.614. The quantitative estimate of drug-likeness (QED) is 0.551. The molecular weight excluding hydrogens is 392 g/mol. The number of para-hydroxylation sites is 1. The third kappa shape index (κ3) is 5.36. The van der Waals surface area contributed by atoms with Gasteiger partial charge in [-0.2, -0.15) is 0 Å². The standard InChI is InChI=1S/C20H26N4O4S/c1-12(2)21-19(27)23-17(25)13(3)29-20-22-16-9-5-4-8-15(16)18(26)24(20)11-14-7-6-10-28-14/h4-5,8-9,12-14H,6-7,10-11H2,1-3H3,(H2,21,23,25,27)/t13-,14-/m1/s1. The maximum absolute atomic E-state index is 13.1. The van der Waals surface area contributed by atoms with Crippen molar-refractivity contribution in [3.63, 3.8) is 0 Å². The zero-order chi connectivity index (χ0) is 21.0. The average molecular weight is 419 g/mol. The number of benzene rings is 1. The molecule has 3 rings (SSSR count). The van der Waals surface area contributed by atoms with Gasteiger partial charge in [-0.05, 0) is 45.7 Å². The summed E-state index contributed by atoms with van der Waals surface area (Å²) in [5.41, 5.74) is 0.424. The molecule has 0 spiro atoms. The molecule has 156 valence electrons. The molecule has 9 heteroatoms. The van der Waals surface area contributed by atoms with Gasteiger partial charge >= 0.3 is 6.03 Å². The number of amides is 3. The van der Waals surface area contributed by atoms with E-state index >= 15 is 0 Å². The molecule has 2 heterocycles. The first-order chi connectivity index (χ1) is 13.8. The summed E-state index contributed by atoms with van der Waals surface area (Å²) in [5, 5.41) is 5.30. The molecule has 1 aromatic carbocycles. The third-order valence-corrected chi connectivity index (χ3v) is 5.63. The van der Waals surface area contributed by atoms with Crippen LogP contribution < -0.4 is 16.2 Å². The number of fused-ring (bicyclic) bond motifs is 1. The van der Waals surface area contributed by atoms with Crippen molar-refractivity contribution in [2.24, 2.45) is 0 Å². The largest absolute Gasteiger partial charge is 0.376 e. The highest BCUT2D eigenvalue weighted by molar-refractivity contribution is 8.00. The van der Waals surface area contributed by atoms with E-state index in [4.69, 9.17) is 4.74 Å². The van der Waals surface area contributed by atoms with Gasteiger partial charge in [-0.1, -0.05) is 23.9 Å². The van der Waals surface area contributed by atoms with Crippen LogP contribution >= 0.6 is 11.8 Å². The van der Waals surface area contributed by atoms with E-state index in [2.05, 4.69) is 15.6 Å². The number of aromatic nitrogens is 2. The van der Waals surface area contributed by atoms with Gasteiger partial charge in [0.2, 0.25) is 5.91 Å². The lowest BCUT2D eigenvalue weighted by Crippen LogP contribution is -2.45. The Hall–Kier alpha value is -2.39. The minimum Gasteiger partial charge on any atom is -0.376 e. The van der Waals surface area contributed by atoms with Gasteiger partial charge in [-0.3, -0.25) is 19.5 Å². The summed E-state index contributed by atoms with van der Waals surface area (Å²) >= 11 is 1.16. The third-order valence-electron chi connectivity index (χ3n) is 4.54. The van der Waals surface area contributed by atoms with E-state index in [1.807, 2.05) is 19.9 Å². The second kappa shape index (κ2) is 9.41. The van der Waals surface area contributed by atoms with E-state index in [0.717, 1.165) is 24.6 Å². The normalized spacial score (nSPS) is 17.4. The molecule has 0 bridgehead atoms. The summed E-state index contributed by atoms with van der Waals surface area (Å²) in [6, 6.07) is 6.53. The van der Waals surface area contributed by atoms with Gasteiger partial charge < -0.3 is 10.1 Å². The lowest BCUT2D eigenvalue weighted by molar-refractivity contribution is -0.119. The number of thioether (sulfide) groups is 1. The van der Waals surface area contributed by atoms with Crippen molar-refractivity contribution in [3.8, 4) is 0 Å². The van der Waals surface area contributed by atoms with Crippen LogP contribution in [0.3, 0.4) is 0 Å². The van der Waals surface area contributed by atoms with Crippen LogP contribution in [0.2, 0.25) is 0 Å².